The molecule has 1 saturated heterocycles. The first-order valence-corrected chi connectivity index (χ1v) is 9.36. The lowest BCUT2D eigenvalue weighted by atomic mass is 10.00. The van der Waals surface area contributed by atoms with E-state index in [2.05, 4.69) is 20.1 Å². The third kappa shape index (κ3) is 3.12. The summed E-state index contributed by atoms with van der Waals surface area (Å²) in [7, 11) is 1.71. The number of ether oxygens (including phenoxy) is 1. The van der Waals surface area contributed by atoms with Crippen LogP contribution in [0.15, 0.2) is 39.9 Å². The Morgan fingerprint density at radius 2 is 2.20 bits per heavy atom. The van der Waals surface area contributed by atoms with Gasteiger partial charge in [-0.25, -0.2) is 9.37 Å². The zero-order valence-electron chi connectivity index (χ0n) is 16.0. The van der Waals surface area contributed by atoms with E-state index in [-0.39, 0.29) is 47.4 Å². The fourth-order valence-corrected chi connectivity index (χ4v) is 3.68. The fourth-order valence-electron chi connectivity index (χ4n) is 3.68. The fraction of sp³-hybridized carbons (Fsp3) is 0.316. The van der Waals surface area contributed by atoms with Gasteiger partial charge in [0.15, 0.2) is 17.0 Å². The molecule has 1 aromatic carbocycles. The smallest absolute Gasteiger partial charge is 0.281 e. The maximum Gasteiger partial charge on any atom is 0.281 e. The molecule has 2 N–H and O–H groups in total. The first kappa shape index (κ1) is 18.4. The summed E-state index contributed by atoms with van der Waals surface area (Å²) in [5.41, 5.74) is 6.99. The molecular formula is C19H18FN7O3. The monoisotopic (exact) mass is 411 g/mol. The number of benzene rings is 1. The lowest BCUT2D eigenvalue weighted by molar-refractivity contribution is 0.109. The van der Waals surface area contributed by atoms with Crippen molar-refractivity contribution in [2.45, 2.75) is 25.0 Å². The molecule has 4 aromatic rings. The second-order valence-corrected chi connectivity index (χ2v) is 7.24. The number of anilines is 1. The zero-order chi connectivity index (χ0) is 20.8. The van der Waals surface area contributed by atoms with E-state index in [4.69, 9.17) is 15.0 Å². The molecule has 0 aliphatic carbocycles. The predicted octanol–water partition coefficient (Wildman–Crippen LogP) is 1.53. The minimum absolute atomic E-state index is 0.00725. The Kier molecular flexibility index (Phi) is 4.31. The van der Waals surface area contributed by atoms with Gasteiger partial charge in [0.1, 0.15) is 12.4 Å². The SMILES string of the molecule is Cn1cnc2nc(N)n(Cc3nc([C@@H]4CO[C@@H](c5cccc(F)c5)C4)no3)c(=O)c21. The highest BCUT2D eigenvalue weighted by molar-refractivity contribution is 5.70. The molecule has 3 aromatic heterocycles. The van der Waals surface area contributed by atoms with Crippen LogP contribution in [0.5, 0.6) is 0 Å². The molecule has 10 nitrogen and oxygen atoms in total. The maximum absolute atomic E-state index is 13.5. The molecule has 0 unspecified atom stereocenters. The minimum atomic E-state index is -0.340. The summed E-state index contributed by atoms with van der Waals surface area (Å²) < 4.78 is 27.5. The van der Waals surface area contributed by atoms with Gasteiger partial charge in [-0.2, -0.15) is 9.97 Å². The number of rotatable bonds is 4. The Hall–Kier alpha value is -3.60. The summed E-state index contributed by atoms with van der Waals surface area (Å²) >= 11 is 0. The molecular weight excluding hydrogens is 393 g/mol. The Bertz CT molecular complexity index is 1300. The molecule has 0 saturated carbocycles. The van der Waals surface area contributed by atoms with Crippen LogP contribution < -0.4 is 11.3 Å². The molecule has 0 radical (unpaired) electrons. The van der Waals surface area contributed by atoms with E-state index in [0.29, 0.717) is 24.4 Å². The van der Waals surface area contributed by atoms with Gasteiger partial charge < -0.3 is 19.6 Å². The number of hydrogen-bond acceptors (Lipinski definition) is 8. The Balaban J connectivity index is 1.36. The van der Waals surface area contributed by atoms with E-state index in [1.54, 1.807) is 17.7 Å². The highest BCUT2D eigenvalue weighted by atomic mass is 19.1. The van der Waals surface area contributed by atoms with E-state index >= 15 is 0 Å². The van der Waals surface area contributed by atoms with Crippen molar-refractivity contribution in [2.75, 3.05) is 12.3 Å². The van der Waals surface area contributed by atoms with Crippen LogP contribution >= 0.6 is 0 Å². The molecule has 30 heavy (non-hydrogen) atoms. The highest BCUT2D eigenvalue weighted by Crippen LogP contribution is 2.37. The van der Waals surface area contributed by atoms with Crippen molar-refractivity contribution in [2.24, 2.45) is 7.05 Å². The minimum Gasteiger partial charge on any atom is -0.373 e. The van der Waals surface area contributed by atoms with E-state index in [1.165, 1.54) is 23.0 Å². The molecule has 1 aliphatic heterocycles. The lowest BCUT2D eigenvalue weighted by Gasteiger charge is -2.09. The molecule has 11 heteroatoms. The van der Waals surface area contributed by atoms with Crippen molar-refractivity contribution >= 4 is 17.1 Å². The average molecular weight is 411 g/mol. The molecule has 0 spiro atoms. The van der Waals surface area contributed by atoms with Crippen LogP contribution in [0.3, 0.4) is 0 Å². The topological polar surface area (TPSA) is 127 Å². The number of hydrogen-bond donors (Lipinski definition) is 1. The molecule has 0 amide bonds. The summed E-state index contributed by atoms with van der Waals surface area (Å²) in [5, 5.41) is 4.03. The van der Waals surface area contributed by atoms with E-state index in [1.807, 2.05) is 6.07 Å². The highest BCUT2D eigenvalue weighted by Gasteiger charge is 2.31. The van der Waals surface area contributed by atoms with Crippen molar-refractivity contribution < 1.29 is 13.7 Å². The van der Waals surface area contributed by atoms with E-state index in [9.17, 15) is 9.18 Å². The summed E-state index contributed by atoms with van der Waals surface area (Å²) in [6.45, 7) is 0.386. The van der Waals surface area contributed by atoms with Gasteiger partial charge >= 0.3 is 0 Å². The Morgan fingerprint density at radius 3 is 3.03 bits per heavy atom. The first-order chi connectivity index (χ1) is 14.5. The zero-order valence-corrected chi connectivity index (χ0v) is 16.0. The number of nitrogens with two attached hydrogens (primary N) is 1. The van der Waals surface area contributed by atoms with E-state index in [0.717, 1.165) is 5.56 Å². The number of aryl methyl sites for hydroxylation is 1. The van der Waals surface area contributed by atoms with Crippen LogP contribution in [0.1, 0.15) is 35.7 Å². The average Bonchev–Trinajstić information content (AvgIpc) is 3.45. The summed E-state index contributed by atoms with van der Waals surface area (Å²) in [6, 6.07) is 6.34. The molecule has 2 atom stereocenters. The van der Waals surface area contributed by atoms with Gasteiger partial charge in [0.25, 0.3) is 5.56 Å². The second-order valence-electron chi connectivity index (χ2n) is 7.24. The molecule has 4 heterocycles. The number of halogens is 1. The standard InChI is InChI=1S/C19H18FN7O3/c1-26-9-22-17-15(26)18(28)27(19(21)24-17)7-14-23-16(25-30-14)11-6-13(29-8-11)10-3-2-4-12(20)5-10/h2-5,9,11,13H,6-8H2,1H3,(H2,21,24)/t11-,13+/m0/s1. The van der Waals surface area contributed by atoms with E-state index < -0.39 is 0 Å². The van der Waals surface area contributed by atoms with Crippen LogP contribution in [-0.4, -0.2) is 35.8 Å². The molecule has 154 valence electrons. The van der Waals surface area contributed by atoms with Gasteiger partial charge in [-0.15, -0.1) is 0 Å². The number of imidazole rings is 1. The molecule has 1 aliphatic rings. The van der Waals surface area contributed by atoms with Gasteiger partial charge in [-0.3, -0.25) is 9.36 Å². The van der Waals surface area contributed by atoms with Crippen LogP contribution in [0.4, 0.5) is 10.3 Å². The van der Waals surface area contributed by atoms with Gasteiger partial charge in [0.2, 0.25) is 11.8 Å². The second kappa shape index (κ2) is 7.02. The Labute approximate surface area is 169 Å². The molecule has 0 bridgehead atoms. The normalized spacial score (nSPS) is 19.0. The number of aromatic nitrogens is 6. The van der Waals surface area contributed by atoms with Crippen molar-refractivity contribution in [3.05, 3.63) is 64.0 Å². The quantitative estimate of drug-likeness (QED) is 0.536. The number of nitrogens with zero attached hydrogens (tertiary/aromatic N) is 6. The van der Waals surface area contributed by atoms with Crippen molar-refractivity contribution in [3.63, 3.8) is 0 Å². The van der Waals surface area contributed by atoms with Crippen LogP contribution in [0, 0.1) is 5.82 Å². The Morgan fingerprint density at radius 1 is 1.33 bits per heavy atom. The predicted molar refractivity (Wildman–Crippen MR) is 103 cm³/mol. The summed E-state index contributed by atoms with van der Waals surface area (Å²) in [4.78, 5) is 25.4. The number of nitrogen functional groups attached to an aromatic ring is 1. The first-order valence-electron chi connectivity index (χ1n) is 9.36. The van der Waals surface area contributed by atoms with Gasteiger partial charge in [-0.1, -0.05) is 17.3 Å². The van der Waals surface area contributed by atoms with Crippen molar-refractivity contribution in [1.29, 1.82) is 0 Å². The third-order valence-corrected chi connectivity index (χ3v) is 5.22. The van der Waals surface area contributed by atoms with Gasteiger partial charge in [0.05, 0.1) is 19.0 Å². The van der Waals surface area contributed by atoms with Crippen LogP contribution in [-0.2, 0) is 18.3 Å². The third-order valence-electron chi connectivity index (χ3n) is 5.22. The number of fused-ring (bicyclic) bond motifs is 1. The van der Waals surface area contributed by atoms with Crippen LogP contribution in [0.2, 0.25) is 0 Å². The van der Waals surface area contributed by atoms with Gasteiger partial charge in [-0.05, 0) is 24.1 Å². The summed E-state index contributed by atoms with van der Waals surface area (Å²) in [5.74, 6) is 0.327. The largest absolute Gasteiger partial charge is 0.373 e. The van der Waals surface area contributed by atoms with Crippen LogP contribution in [0.25, 0.3) is 11.2 Å². The summed E-state index contributed by atoms with van der Waals surface area (Å²) in [6.07, 6.45) is 1.87. The molecule has 1 fully saturated rings. The molecule has 5 rings (SSSR count). The van der Waals surface area contributed by atoms with Crippen molar-refractivity contribution in [1.82, 2.24) is 29.2 Å². The van der Waals surface area contributed by atoms with Crippen molar-refractivity contribution in [3.8, 4) is 0 Å². The lowest BCUT2D eigenvalue weighted by Crippen LogP contribution is -2.26. The van der Waals surface area contributed by atoms with Gasteiger partial charge in [0, 0.05) is 13.0 Å². The maximum atomic E-state index is 13.5.